The third-order valence-electron chi connectivity index (χ3n) is 5.16. The third kappa shape index (κ3) is 3.13. The molecule has 3 unspecified atom stereocenters. The maximum absolute atomic E-state index is 12.9. The van der Waals surface area contributed by atoms with Gasteiger partial charge in [-0.15, -0.1) is 0 Å². The van der Waals surface area contributed by atoms with Gasteiger partial charge < -0.3 is 19.7 Å². The molecule has 3 heterocycles. The fourth-order valence-corrected chi connectivity index (χ4v) is 3.85. The van der Waals surface area contributed by atoms with Crippen molar-refractivity contribution in [1.29, 1.82) is 0 Å². The van der Waals surface area contributed by atoms with Gasteiger partial charge in [0.2, 0.25) is 5.91 Å². The van der Waals surface area contributed by atoms with Crippen LogP contribution < -0.4 is 5.32 Å². The lowest BCUT2D eigenvalue weighted by Crippen LogP contribution is -2.56. The molecule has 5 heteroatoms. The van der Waals surface area contributed by atoms with Crippen LogP contribution in [-0.4, -0.2) is 55.4 Å². The van der Waals surface area contributed by atoms with Crippen molar-refractivity contribution in [2.45, 2.75) is 44.1 Å². The lowest BCUT2D eigenvalue weighted by Gasteiger charge is -2.38. The molecule has 0 spiro atoms. The molecular weight excluding hydrogens is 292 g/mol. The minimum absolute atomic E-state index is 0.0334. The Morgan fingerprint density at radius 1 is 1.13 bits per heavy atom. The fourth-order valence-electron chi connectivity index (χ4n) is 3.85. The first kappa shape index (κ1) is 15.1. The molecule has 1 aromatic carbocycles. The molecular formula is C18H24N2O3. The first-order chi connectivity index (χ1) is 11.3. The molecule has 4 rings (SSSR count). The van der Waals surface area contributed by atoms with E-state index in [2.05, 4.69) is 23.5 Å². The maximum Gasteiger partial charge on any atom is 0.240 e. The highest BCUT2D eigenvalue weighted by molar-refractivity contribution is 5.82. The molecule has 3 atom stereocenters. The van der Waals surface area contributed by atoms with Crippen LogP contribution in [0.25, 0.3) is 0 Å². The van der Waals surface area contributed by atoms with E-state index in [1.54, 1.807) is 0 Å². The molecule has 0 bridgehead atoms. The standard InChI is InChI=1S/C18H24N2O3/c21-18(15-10-13-4-1-2-5-14(13)11-19-15)20-7-9-23-17(12-20)16-6-3-8-22-16/h1-2,4-5,15-17,19H,3,6-12H2. The Balaban J connectivity index is 1.40. The summed E-state index contributed by atoms with van der Waals surface area (Å²) < 4.78 is 11.6. The van der Waals surface area contributed by atoms with Gasteiger partial charge in [-0.25, -0.2) is 0 Å². The molecule has 124 valence electrons. The topological polar surface area (TPSA) is 50.8 Å². The van der Waals surface area contributed by atoms with Crippen molar-refractivity contribution in [3.63, 3.8) is 0 Å². The first-order valence-corrected chi connectivity index (χ1v) is 8.63. The Hall–Kier alpha value is -1.43. The highest BCUT2D eigenvalue weighted by Gasteiger charge is 2.35. The normalized spacial score (nSPS) is 31.0. The average Bonchev–Trinajstić information content (AvgIpc) is 3.15. The van der Waals surface area contributed by atoms with Crippen LogP contribution in [0.1, 0.15) is 24.0 Å². The van der Waals surface area contributed by atoms with Crippen LogP contribution in [0.3, 0.4) is 0 Å². The SMILES string of the molecule is O=C(C1Cc2ccccc2CN1)N1CCOC(C2CCCO2)C1. The van der Waals surface area contributed by atoms with Crippen LogP contribution in [0.15, 0.2) is 24.3 Å². The van der Waals surface area contributed by atoms with Gasteiger partial charge in [-0.3, -0.25) is 4.79 Å². The van der Waals surface area contributed by atoms with E-state index < -0.39 is 0 Å². The molecule has 23 heavy (non-hydrogen) atoms. The van der Waals surface area contributed by atoms with Crippen molar-refractivity contribution < 1.29 is 14.3 Å². The number of fused-ring (bicyclic) bond motifs is 1. The van der Waals surface area contributed by atoms with E-state index in [9.17, 15) is 4.79 Å². The number of rotatable bonds is 2. The number of ether oxygens (including phenoxy) is 2. The molecule has 3 aliphatic rings. The van der Waals surface area contributed by atoms with Gasteiger partial charge in [0.05, 0.1) is 18.8 Å². The Morgan fingerprint density at radius 2 is 1.96 bits per heavy atom. The minimum Gasteiger partial charge on any atom is -0.375 e. The fraction of sp³-hybridized carbons (Fsp3) is 0.611. The number of nitrogens with one attached hydrogen (secondary N) is 1. The number of hydrogen-bond donors (Lipinski definition) is 1. The van der Waals surface area contributed by atoms with E-state index in [4.69, 9.17) is 9.47 Å². The summed E-state index contributed by atoms with van der Waals surface area (Å²) >= 11 is 0. The molecule has 5 nitrogen and oxygen atoms in total. The largest absolute Gasteiger partial charge is 0.375 e. The summed E-state index contributed by atoms with van der Waals surface area (Å²) in [4.78, 5) is 14.9. The maximum atomic E-state index is 12.9. The van der Waals surface area contributed by atoms with Gasteiger partial charge in [0.25, 0.3) is 0 Å². The van der Waals surface area contributed by atoms with Crippen LogP contribution in [-0.2, 0) is 27.2 Å². The monoisotopic (exact) mass is 316 g/mol. The molecule has 2 fully saturated rings. The highest BCUT2D eigenvalue weighted by Crippen LogP contribution is 2.22. The Morgan fingerprint density at radius 3 is 2.78 bits per heavy atom. The summed E-state index contributed by atoms with van der Waals surface area (Å²) in [5, 5.41) is 3.39. The van der Waals surface area contributed by atoms with Crippen molar-refractivity contribution >= 4 is 5.91 Å². The predicted octanol–water partition coefficient (Wildman–Crippen LogP) is 1.11. The quantitative estimate of drug-likeness (QED) is 0.888. The molecule has 2 saturated heterocycles. The number of hydrogen-bond acceptors (Lipinski definition) is 4. The lowest BCUT2D eigenvalue weighted by atomic mass is 9.95. The summed E-state index contributed by atoms with van der Waals surface area (Å²) in [5.41, 5.74) is 2.59. The van der Waals surface area contributed by atoms with E-state index >= 15 is 0 Å². The van der Waals surface area contributed by atoms with Crippen molar-refractivity contribution in [1.82, 2.24) is 10.2 Å². The number of carbonyl (C=O) groups excluding carboxylic acids is 1. The number of carbonyl (C=O) groups is 1. The highest BCUT2D eigenvalue weighted by atomic mass is 16.5. The van der Waals surface area contributed by atoms with Crippen molar-refractivity contribution in [3.8, 4) is 0 Å². The molecule has 3 aliphatic heterocycles. The number of nitrogens with zero attached hydrogens (tertiary/aromatic N) is 1. The molecule has 0 radical (unpaired) electrons. The second-order valence-corrected chi connectivity index (χ2v) is 6.65. The predicted molar refractivity (Wildman–Crippen MR) is 86.1 cm³/mol. The van der Waals surface area contributed by atoms with Crippen molar-refractivity contribution in [2.24, 2.45) is 0 Å². The molecule has 1 N–H and O–H groups in total. The van der Waals surface area contributed by atoms with Gasteiger partial charge in [0, 0.05) is 26.2 Å². The minimum atomic E-state index is -0.117. The molecule has 1 aromatic rings. The van der Waals surface area contributed by atoms with E-state index in [-0.39, 0.29) is 24.2 Å². The summed E-state index contributed by atoms with van der Waals surface area (Å²) in [5.74, 6) is 0.200. The molecule has 0 aromatic heterocycles. The lowest BCUT2D eigenvalue weighted by molar-refractivity contribution is -0.147. The van der Waals surface area contributed by atoms with Gasteiger partial charge in [-0.05, 0) is 30.4 Å². The van der Waals surface area contributed by atoms with E-state index in [1.807, 2.05) is 11.0 Å². The van der Waals surface area contributed by atoms with Crippen LogP contribution in [0.5, 0.6) is 0 Å². The summed E-state index contributed by atoms with van der Waals surface area (Å²) in [6, 6.07) is 8.24. The summed E-state index contributed by atoms with van der Waals surface area (Å²) in [6.45, 7) is 3.54. The zero-order chi connectivity index (χ0) is 15.6. The summed E-state index contributed by atoms with van der Waals surface area (Å²) in [6.07, 6.45) is 3.11. The van der Waals surface area contributed by atoms with Crippen LogP contribution >= 0.6 is 0 Å². The Kier molecular flexibility index (Phi) is 4.33. The molecule has 0 aliphatic carbocycles. The van der Waals surface area contributed by atoms with E-state index in [0.717, 1.165) is 32.4 Å². The molecule has 1 amide bonds. The van der Waals surface area contributed by atoms with Gasteiger partial charge >= 0.3 is 0 Å². The Labute approximate surface area is 136 Å². The number of benzene rings is 1. The zero-order valence-corrected chi connectivity index (χ0v) is 13.4. The van der Waals surface area contributed by atoms with Gasteiger partial charge in [-0.2, -0.15) is 0 Å². The van der Waals surface area contributed by atoms with Gasteiger partial charge in [0.15, 0.2) is 0 Å². The number of morpholine rings is 1. The second kappa shape index (κ2) is 6.59. The third-order valence-corrected chi connectivity index (χ3v) is 5.16. The zero-order valence-electron chi connectivity index (χ0n) is 13.4. The first-order valence-electron chi connectivity index (χ1n) is 8.63. The van der Waals surface area contributed by atoms with Gasteiger partial charge in [-0.1, -0.05) is 24.3 Å². The van der Waals surface area contributed by atoms with Crippen molar-refractivity contribution in [3.05, 3.63) is 35.4 Å². The van der Waals surface area contributed by atoms with E-state index in [0.29, 0.717) is 19.7 Å². The second-order valence-electron chi connectivity index (χ2n) is 6.65. The average molecular weight is 316 g/mol. The Bertz CT molecular complexity index is 571. The van der Waals surface area contributed by atoms with Crippen molar-refractivity contribution in [2.75, 3.05) is 26.3 Å². The van der Waals surface area contributed by atoms with Gasteiger partial charge in [0.1, 0.15) is 6.10 Å². The molecule has 0 saturated carbocycles. The summed E-state index contributed by atoms with van der Waals surface area (Å²) in [7, 11) is 0. The number of amides is 1. The smallest absolute Gasteiger partial charge is 0.240 e. The van der Waals surface area contributed by atoms with Crippen LogP contribution in [0.2, 0.25) is 0 Å². The van der Waals surface area contributed by atoms with E-state index in [1.165, 1.54) is 11.1 Å². The van der Waals surface area contributed by atoms with Crippen LogP contribution in [0, 0.1) is 0 Å². The van der Waals surface area contributed by atoms with Crippen LogP contribution in [0.4, 0.5) is 0 Å².